The number of nitrogens with one attached hydrogen (secondary N) is 2. The summed E-state index contributed by atoms with van der Waals surface area (Å²) < 4.78 is 23.9. The Kier molecular flexibility index (Phi) is 7.61. The van der Waals surface area contributed by atoms with Crippen molar-refractivity contribution in [2.75, 3.05) is 25.6 Å². The van der Waals surface area contributed by atoms with E-state index in [0.29, 0.717) is 24.4 Å². The summed E-state index contributed by atoms with van der Waals surface area (Å²) in [5.74, 6) is -0.101. The maximum atomic E-state index is 13.7. The molecular weight excluding hydrogens is 351 g/mol. The number of ether oxygens (including phenoxy) is 2. The molecule has 2 amide bonds. The van der Waals surface area contributed by atoms with E-state index in [9.17, 15) is 14.0 Å². The summed E-state index contributed by atoms with van der Waals surface area (Å²) in [5.41, 5.74) is 1.34. The van der Waals surface area contributed by atoms with Crippen molar-refractivity contribution in [3.05, 3.63) is 53.8 Å². The summed E-state index contributed by atoms with van der Waals surface area (Å²) >= 11 is 0. The number of carbonyl (C=O) groups is 2. The highest BCUT2D eigenvalue weighted by molar-refractivity contribution is 5.90. The number of hydrogen-bond acceptors (Lipinski definition) is 4. The number of aryl methyl sites for hydroxylation is 1. The largest absolute Gasteiger partial charge is 0.494 e. The molecule has 2 rings (SSSR count). The van der Waals surface area contributed by atoms with Gasteiger partial charge < -0.3 is 20.1 Å². The van der Waals surface area contributed by atoms with Gasteiger partial charge in [0.1, 0.15) is 5.75 Å². The molecule has 0 aliphatic carbocycles. The minimum atomic E-state index is -0.446. The molecule has 0 bridgehead atoms. The zero-order valence-corrected chi connectivity index (χ0v) is 15.4. The predicted molar refractivity (Wildman–Crippen MR) is 101 cm³/mol. The van der Waals surface area contributed by atoms with Crippen LogP contribution >= 0.6 is 0 Å². The molecule has 0 aliphatic heterocycles. The highest BCUT2D eigenvalue weighted by atomic mass is 19.1. The van der Waals surface area contributed by atoms with Gasteiger partial charge in [-0.25, -0.2) is 4.39 Å². The molecule has 0 saturated heterocycles. The average Bonchev–Trinajstić information content (AvgIpc) is 2.66. The lowest BCUT2D eigenvalue weighted by molar-refractivity contribution is -0.123. The summed E-state index contributed by atoms with van der Waals surface area (Å²) in [6.07, 6.45) is 0.641. The minimum absolute atomic E-state index is 0.0576. The van der Waals surface area contributed by atoms with Gasteiger partial charge in [-0.1, -0.05) is 6.07 Å². The number of carbonyl (C=O) groups excluding carboxylic acids is 2. The molecule has 0 atom stereocenters. The third-order valence-electron chi connectivity index (χ3n) is 3.74. The van der Waals surface area contributed by atoms with Crippen LogP contribution in [0.5, 0.6) is 11.5 Å². The van der Waals surface area contributed by atoms with Crippen molar-refractivity contribution in [2.24, 2.45) is 0 Å². The number of anilines is 1. The number of benzene rings is 2. The number of methoxy groups -OCH3 is 1. The van der Waals surface area contributed by atoms with Crippen molar-refractivity contribution in [1.29, 1.82) is 0 Å². The number of amides is 2. The third kappa shape index (κ3) is 6.62. The molecule has 2 aromatic carbocycles. The monoisotopic (exact) mass is 374 g/mol. The van der Waals surface area contributed by atoms with Crippen molar-refractivity contribution < 1.29 is 23.5 Å². The molecule has 0 fully saturated rings. The van der Waals surface area contributed by atoms with E-state index in [1.165, 1.54) is 13.2 Å². The van der Waals surface area contributed by atoms with Crippen LogP contribution in [-0.2, 0) is 16.0 Å². The molecule has 0 aliphatic rings. The highest BCUT2D eigenvalue weighted by Crippen LogP contribution is 2.19. The van der Waals surface area contributed by atoms with Gasteiger partial charge in [-0.05, 0) is 55.3 Å². The van der Waals surface area contributed by atoms with E-state index in [-0.39, 0.29) is 30.6 Å². The van der Waals surface area contributed by atoms with Gasteiger partial charge in [0, 0.05) is 18.7 Å². The molecule has 144 valence electrons. The predicted octanol–water partition coefficient (Wildman–Crippen LogP) is 2.92. The van der Waals surface area contributed by atoms with E-state index in [1.807, 2.05) is 6.92 Å². The fourth-order valence-corrected chi connectivity index (χ4v) is 2.38. The normalized spacial score (nSPS) is 10.2. The van der Waals surface area contributed by atoms with Crippen LogP contribution in [0.4, 0.5) is 10.1 Å². The maximum absolute atomic E-state index is 13.7. The molecular formula is C20H23FN2O4. The molecule has 0 unspecified atom stereocenters. The molecule has 0 saturated carbocycles. The Balaban J connectivity index is 1.80. The first-order valence-corrected chi connectivity index (χ1v) is 8.63. The van der Waals surface area contributed by atoms with Gasteiger partial charge in [0.2, 0.25) is 5.91 Å². The molecule has 0 heterocycles. The Hall–Kier alpha value is -3.09. The van der Waals surface area contributed by atoms with E-state index < -0.39 is 5.82 Å². The van der Waals surface area contributed by atoms with Gasteiger partial charge in [0.15, 0.2) is 18.2 Å². The molecule has 0 spiro atoms. The zero-order chi connectivity index (χ0) is 19.6. The van der Waals surface area contributed by atoms with Crippen molar-refractivity contribution in [3.63, 3.8) is 0 Å². The molecule has 2 aromatic rings. The van der Waals surface area contributed by atoms with Gasteiger partial charge >= 0.3 is 0 Å². The lowest BCUT2D eigenvalue weighted by atomic mass is 10.1. The maximum Gasteiger partial charge on any atom is 0.257 e. The van der Waals surface area contributed by atoms with Gasteiger partial charge in [0.25, 0.3) is 5.91 Å². The number of likely N-dealkylation sites (N-methyl/N-ethyl adjacent to an activating group) is 1. The first-order chi connectivity index (χ1) is 13.0. The lowest BCUT2D eigenvalue weighted by Gasteiger charge is -2.09. The molecule has 2 N–H and O–H groups in total. The summed E-state index contributed by atoms with van der Waals surface area (Å²) in [6.45, 7) is 2.33. The fourth-order valence-electron chi connectivity index (χ4n) is 2.38. The van der Waals surface area contributed by atoms with Gasteiger partial charge in [-0.3, -0.25) is 9.59 Å². The van der Waals surface area contributed by atoms with E-state index >= 15 is 0 Å². The molecule has 0 aromatic heterocycles. The van der Waals surface area contributed by atoms with Gasteiger partial charge in [-0.15, -0.1) is 0 Å². The number of rotatable bonds is 9. The highest BCUT2D eigenvalue weighted by Gasteiger charge is 2.07. The Bertz CT molecular complexity index is 778. The SMILES string of the molecule is CCNC(=O)COc1ccc(NC(=O)CCc2ccc(OC)c(F)c2)cc1. The van der Waals surface area contributed by atoms with Crippen molar-refractivity contribution >= 4 is 17.5 Å². The first kappa shape index (κ1) is 20.2. The van der Waals surface area contributed by atoms with Crippen LogP contribution in [0.25, 0.3) is 0 Å². The number of halogens is 1. The Morgan fingerprint density at radius 2 is 1.81 bits per heavy atom. The summed E-state index contributed by atoms with van der Waals surface area (Å²) in [6, 6.07) is 11.4. The fraction of sp³-hybridized carbons (Fsp3) is 0.300. The lowest BCUT2D eigenvalue weighted by Crippen LogP contribution is -2.28. The van der Waals surface area contributed by atoms with Crippen molar-refractivity contribution in [3.8, 4) is 11.5 Å². The zero-order valence-electron chi connectivity index (χ0n) is 15.4. The number of hydrogen-bond donors (Lipinski definition) is 2. The van der Waals surface area contributed by atoms with E-state index in [0.717, 1.165) is 5.56 Å². The van der Waals surface area contributed by atoms with Crippen molar-refractivity contribution in [1.82, 2.24) is 5.32 Å². The van der Waals surface area contributed by atoms with Gasteiger partial charge in [0.05, 0.1) is 7.11 Å². The summed E-state index contributed by atoms with van der Waals surface area (Å²) in [7, 11) is 1.40. The van der Waals surface area contributed by atoms with E-state index in [2.05, 4.69) is 10.6 Å². The Labute approximate surface area is 157 Å². The van der Waals surface area contributed by atoms with Crippen LogP contribution < -0.4 is 20.1 Å². The summed E-state index contributed by atoms with van der Waals surface area (Å²) in [5, 5.41) is 5.41. The first-order valence-electron chi connectivity index (χ1n) is 8.63. The van der Waals surface area contributed by atoms with Crippen LogP contribution in [0, 0.1) is 5.82 Å². The standard InChI is InChI=1S/C20H23FN2O4/c1-3-22-20(25)13-27-16-8-6-15(7-9-16)23-19(24)11-5-14-4-10-18(26-2)17(21)12-14/h4,6-10,12H,3,5,11,13H2,1-2H3,(H,22,25)(H,23,24). The second-order valence-corrected chi connectivity index (χ2v) is 5.78. The Morgan fingerprint density at radius 3 is 2.44 bits per heavy atom. The quantitative estimate of drug-likeness (QED) is 0.708. The average molecular weight is 374 g/mol. The topological polar surface area (TPSA) is 76.7 Å². The second-order valence-electron chi connectivity index (χ2n) is 5.78. The van der Waals surface area contributed by atoms with Crippen LogP contribution in [0.1, 0.15) is 18.9 Å². The van der Waals surface area contributed by atoms with Crippen LogP contribution in [0.3, 0.4) is 0 Å². The van der Waals surface area contributed by atoms with E-state index in [4.69, 9.17) is 9.47 Å². The molecule has 7 heteroatoms. The Morgan fingerprint density at radius 1 is 1.07 bits per heavy atom. The van der Waals surface area contributed by atoms with Crippen molar-refractivity contribution in [2.45, 2.75) is 19.8 Å². The van der Waals surface area contributed by atoms with Crippen LogP contribution in [0.15, 0.2) is 42.5 Å². The molecule has 6 nitrogen and oxygen atoms in total. The summed E-state index contributed by atoms with van der Waals surface area (Å²) in [4.78, 5) is 23.4. The van der Waals surface area contributed by atoms with Gasteiger partial charge in [-0.2, -0.15) is 0 Å². The smallest absolute Gasteiger partial charge is 0.257 e. The van der Waals surface area contributed by atoms with E-state index in [1.54, 1.807) is 36.4 Å². The van der Waals surface area contributed by atoms with Crippen LogP contribution in [0.2, 0.25) is 0 Å². The minimum Gasteiger partial charge on any atom is -0.494 e. The molecule has 0 radical (unpaired) electrons. The van der Waals surface area contributed by atoms with Crippen LogP contribution in [-0.4, -0.2) is 32.1 Å². The second kappa shape index (κ2) is 10.2. The molecule has 27 heavy (non-hydrogen) atoms. The third-order valence-corrected chi connectivity index (χ3v) is 3.74.